The third-order valence-corrected chi connectivity index (χ3v) is 3.93. The van der Waals surface area contributed by atoms with Gasteiger partial charge < -0.3 is 10.3 Å². The fourth-order valence-corrected chi connectivity index (χ4v) is 2.37. The molecule has 0 radical (unpaired) electrons. The zero-order chi connectivity index (χ0) is 13.3. The SMILES string of the molecule is Cc1nc(S(=O)(=O)NCC(C)(C)CN)cn1C. The third-order valence-electron chi connectivity index (χ3n) is 2.66. The average Bonchev–Trinajstić information content (AvgIpc) is 2.58. The quantitative estimate of drug-likeness (QED) is 0.779. The van der Waals surface area contributed by atoms with Crippen molar-refractivity contribution in [3.05, 3.63) is 12.0 Å². The third kappa shape index (κ3) is 3.52. The van der Waals surface area contributed by atoms with E-state index in [9.17, 15) is 8.42 Å². The van der Waals surface area contributed by atoms with Crippen LogP contribution in [0, 0.1) is 12.3 Å². The fourth-order valence-electron chi connectivity index (χ4n) is 1.09. The Kier molecular flexibility index (Phi) is 3.95. The summed E-state index contributed by atoms with van der Waals surface area (Å²) >= 11 is 0. The van der Waals surface area contributed by atoms with Crippen molar-refractivity contribution in [3.8, 4) is 0 Å². The van der Waals surface area contributed by atoms with Gasteiger partial charge in [-0.2, -0.15) is 0 Å². The van der Waals surface area contributed by atoms with E-state index in [-0.39, 0.29) is 10.4 Å². The summed E-state index contributed by atoms with van der Waals surface area (Å²) in [6.07, 6.45) is 1.49. The van der Waals surface area contributed by atoms with Crippen molar-refractivity contribution in [2.75, 3.05) is 13.1 Å². The Morgan fingerprint density at radius 2 is 2.12 bits per heavy atom. The number of hydrogen-bond donors (Lipinski definition) is 2. The van der Waals surface area contributed by atoms with E-state index in [0.717, 1.165) is 0 Å². The molecule has 0 aliphatic carbocycles. The highest BCUT2D eigenvalue weighted by Gasteiger charge is 2.23. The number of nitrogens with one attached hydrogen (secondary N) is 1. The smallest absolute Gasteiger partial charge is 0.259 e. The molecule has 98 valence electrons. The van der Waals surface area contributed by atoms with Gasteiger partial charge in [-0.15, -0.1) is 0 Å². The molecule has 0 fully saturated rings. The highest BCUT2D eigenvalue weighted by Crippen LogP contribution is 2.13. The Morgan fingerprint density at radius 3 is 2.53 bits per heavy atom. The van der Waals surface area contributed by atoms with Gasteiger partial charge in [0.25, 0.3) is 10.0 Å². The van der Waals surface area contributed by atoms with Gasteiger partial charge in [0.05, 0.1) is 0 Å². The molecule has 0 spiro atoms. The molecule has 0 amide bonds. The van der Waals surface area contributed by atoms with Gasteiger partial charge in [-0.05, 0) is 18.9 Å². The van der Waals surface area contributed by atoms with Crippen molar-refractivity contribution in [1.29, 1.82) is 0 Å². The van der Waals surface area contributed by atoms with Crippen LogP contribution in [0.25, 0.3) is 0 Å². The molecule has 17 heavy (non-hydrogen) atoms. The maximum absolute atomic E-state index is 11.9. The molecule has 1 rings (SSSR count). The lowest BCUT2D eigenvalue weighted by atomic mass is 9.95. The molecule has 1 aromatic heterocycles. The van der Waals surface area contributed by atoms with Crippen LogP contribution in [0.15, 0.2) is 11.2 Å². The summed E-state index contributed by atoms with van der Waals surface area (Å²) in [5.41, 5.74) is 5.28. The van der Waals surface area contributed by atoms with Gasteiger partial charge in [0.1, 0.15) is 5.82 Å². The first kappa shape index (κ1) is 14.1. The van der Waals surface area contributed by atoms with Crippen LogP contribution in [0.4, 0.5) is 0 Å². The monoisotopic (exact) mass is 260 g/mol. The summed E-state index contributed by atoms with van der Waals surface area (Å²) in [7, 11) is -1.79. The predicted molar refractivity (Wildman–Crippen MR) is 66.0 cm³/mol. The first-order valence-corrected chi connectivity index (χ1v) is 6.86. The van der Waals surface area contributed by atoms with Crippen molar-refractivity contribution < 1.29 is 8.42 Å². The number of imidazole rings is 1. The second kappa shape index (κ2) is 4.75. The lowest BCUT2D eigenvalue weighted by molar-refractivity contribution is 0.376. The minimum Gasteiger partial charge on any atom is -0.337 e. The molecule has 0 saturated carbocycles. The normalized spacial score (nSPS) is 13.0. The molecular weight excluding hydrogens is 240 g/mol. The van der Waals surface area contributed by atoms with Gasteiger partial charge in [-0.1, -0.05) is 13.8 Å². The second-order valence-electron chi connectivity index (χ2n) is 4.93. The van der Waals surface area contributed by atoms with E-state index in [2.05, 4.69) is 9.71 Å². The number of hydrogen-bond acceptors (Lipinski definition) is 4. The number of aromatic nitrogens is 2. The van der Waals surface area contributed by atoms with Crippen molar-refractivity contribution in [2.24, 2.45) is 18.2 Å². The van der Waals surface area contributed by atoms with E-state index in [0.29, 0.717) is 18.9 Å². The van der Waals surface area contributed by atoms with Crippen LogP contribution < -0.4 is 10.5 Å². The lowest BCUT2D eigenvalue weighted by Crippen LogP contribution is -2.38. The van der Waals surface area contributed by atoms with Crippen molar-refractivity contribution in [3.63, 3.8) is 0 Å². The van der Waals surface area contributed by atoms with E-state index in [4.69, 9.17) is 5.73 Å². The lowest BCUT2D eigenvalue weighted by Gasteiger charge is -2.22. The Bertz CT molecular complexity index is 471. The number of aryl methyl sites for hydroxylation is 2. The van der Waals surface area contributed by atoms with E-state index in [1.807, 2.05) is 13.8 Å². The van der Waals surface area contributed by atoms with Crippen LogP contribution in [0.3, 0.4) is 0 Å². The summed E-state index contributed by atoms with van der Waals surface area (Å²) in [6.45, 7) is 6.26. The molecule has 3 N–H and O–H groups in total. The Hall–Kier alpha value is -0.920. The maximum atomic E-state index is 11.9. The molecule has 6 nitrogen and oxygen atoms in total. The van der Waals surface area contributed by atoms with Gasteiger partial charge in [-0.3, -0.25) is 0 Å². The topological polar surface area (TPSA) is 90.0 Å². The fraction of sp³-hybridized carbons (Fsp3) is 0.700. The minimum atomic E-state index is -3.54. The molecule has 0 aliphatic rings. The first-order valence-electron chi connectivity index (χ1n) is 5.38. The molecule has 0 saturated heterocycles. The van der Waals surface area contributed by atoms with Gasteiger partial charge >= 0.3 is 0 Å². The Balaban J connectivity index is 2.83. The maximum Gasteiger partial charge on any atom is 0.259 e. The second-order valence-corrected chi connectivity index (χ2v) is 6.64. The van der Waals surface area contributed by atoms with Crippen molar-refractivity contribution in [1.82, 2.24) is 14.3 Å². The van der Waals surface area contributed by atoms with Gasteiger partial charge in [0, 0.05) is 19.8 Å². The molecule has 1 aromatic rings. The molecule has 0 aliphatic heterocycles. The van der Waals surface area contributed by atoms with Crippen LogP contribution in [-0.2, 0) is 17.1 Å². The molecule has 1 heterocycles. The molecule has 0 bridgehead atoms. The van der Waals surface area contributed by atoms with Gasteiger partial charge in [0.2, 0.25) is 0 Å². The number of rotatable bonds is 5. The largest absolute Gasteiger partial charge is 0.337 e. The average molecular weight is 260 g/mol. The molecule has 7 heteroatoms. The minimum absolute atomic E-state index is 0.0466. The summed E-state index contributed by atoms with van der Waals surface area (Å²) in [4.78, 5) is 3.99. The molecular formula is C10H20N4O2S. The molecule has 0 unspecified atom stereocenters. The zero-order valence-electron chi connectivity index (χ0n) is 10.7. The highest BCUT2D eigenvalue weighted by atomic mass is 32.2. The summed E-state index contributed by atoms with van der Waals surface area (Å²) in [5, 5.41) is 0.0466. The summed E-state index contributed by atoms with van der Waals surface area (Å²) in [6, 6.07) is 0. The van der Waals surface area contributed by atoms with Crippen LogP contribution in [0.1, 0.15) is 19.7 Å². The van der Waals surface area contributed by atoms with Crippen LogP contribution in [0.2, 0.25) is 0 Å². The number of sulfonamides is 1. The Morgan fingerprint density at radius 1 is 1.53 bits per heavy atom. The standard InChI is InChI=1S/C10H20N4O2S/c1-8-13-9(5-14(8)4)17(15,16)12-7-10(2,3)6-11/h5,12H,6-7,11H2,1-4H3. The van der Waals surface area contributed by atoms with Crippen molar-refractivity contribution >= 4 is 10.0 Å². The van der Waals surface area contributed by atoms with E-state index >= 15 is 0 Å². The van der Waals surface area contributed by atoms with E-state index in [1.165, 1.54) is 6.20 Å². The summed E-state index contributed by atoms with van der Waals surface area (Å²) < 4.78 is 28.1. The van der Waals surface area contributed by atoms with Gasteiger partial charge in [0.15, 0.2) is 5.03 Å². The molecule has 0 aromatic carbocycles. The first-order chi connectivity index (χ1) is 7.68. The summed E-state index contributed by atoms with van der Waals surface area (Å²) in [5.74, 6) is 0.656. The number of nitrogens with zero attached hydrogens (tertiary/aromatic N) is 2. The van der Waals surface area contributed by atoms with Crippen LogP contribution in [0.5, 0.6) is 0 Å². The zero-order valence-corrected chi connectivity index (χ0v) is 11.5. The van der Waals surface area contributed by atoms with Gasteiger partial charge in [-0.25, -0.2) is 18.1 Å². The predicted octanol–water partition coefficient (Wildman–Crippen LogP) is -0.00828. The number of nitrogens with two attached hydrogens (primary N) is 1. The van der Waals surface area contributed by atoms with E-state index < -0.39 is 10.0 Å². The van der Waals surface area contributed by atoms with Crippen LogP contribution in [-0.4, -0.2) is 31.1 Å². The Labute approximate surface area is 102 Å². The highest BCUT2D eigenvalue weighted by molar-refractivity contribution is 7.89. The van der Waals surface area contributed by atoms with E-state index in [1.54, 1.807) is 18.5 Å². The van der Waals surface area contributed by atoms with Crippen LogP contribution >= 0.6 is 0 Å². The van der Waals surface area contributed by atoms with Crippen molar-refractivity contribution in [2.45, 2.75) is 25.8 Å². The molecule has 0 atom stereocenters.